The summed E-state index contributed by atoms with van der Waals surface area (Å²) in [5.41, 5.74) is 6.94. The number of rotatable bonds is 4. The number of aromatic nitrogens is 2. The summed E-state index contributed by atoms with van der Waals surface area (Å²) in [4.78, 5) is 23.4. The number of hydrogen-bond donors (Lipinski definition) is 3. The Labute approximate surface area is 110 Å². The first-order chi connectivity index (χ1) is 9.08. The van der Waals surface area contributed by atoms with Gasteiger partial charge in [0.2, 0.25) is 5.91 Å². The number of primary amides is 1. The zero-order valence-corrected chi connectivity index (χ0v) is 10.4. The van der Waals surface area contributed by atoms with Crippen LogP contribution in [0.1, 0.15) is 27.8 Å². The Kier molecular flexibility index (Phi) is 3.61. The van der Waals surface area contributed by atoms with E-state index >= 15 is 0 Å². The van der Waals surface area contributed by atoms with Crippen LogP contribution in [0.5, 0.6) is 0 Å². The molecule has 2 amide bonds. The van der Waals surface area contributed by atoms with E-state index in [1.807, 2.05) is 6.07 Å². The van der Waals surface area contributed by atoms with E-state index in [0.29, 0.717) is 5.56 Å². The van der Waals surface area contributed by atoms with Crippen LogP contribution >= 0.6 is 0 Å². The van der Waals surface area contributed by atoms with Crippen molar-refractivity contribution >= 4 is 11.8 Å². The maximum absolute atomic E-state index is 11.9. The minimum absolute atomic E-state index is 0.222. The molecule has 19 heavy (non-hydrogen) atoms. The zero-order chi connectivity index (χ0) is 13.8. The van der Waals surface area contributed by atoms with Crippen molar-refractivity contribution in [2.45, 2.75) is 13.0 Å². The van der Waals surface area contributed by atoms with Crippen LogP contribution in [0.4, 0.5) is 0 Å². The van der Waals surface area contributed by atoms with Crippen molar-refractivity contribution in [3.63, 3.8) is 0 Å². The molecule has 0 unspecified atom stereocenters. The van der Waals surface area contributed by atoms with Gasteiger partial charge in [-0.2, -0.15) is 5.10 Å². The molecule has 0 saturated heterocycles. The molecule has 1 atom stereocenters. The third-order valence-corrected chi connectivity index (χ3v) is 2.63. The Morgan fingerprint density at radius 2 is 2.00 bits per heavy atom. The Morgan fingerprint density at radius 3 is 2.53 bits per heavy atom. The topological polar surface area (TPSA) is 101 Å². The molecule has 0 bridgehead atoms. The second kappa shape index (κ2) is 5.34. The monoisotopic (exact) mass is 258 g/mol. The van der Waals surface area contributed by atoms with Gasteiger partial charge < -0.3 is 11.1 Å². The normalized spacial score (nSPS) is 11.8. The van der Waals surface area contributed by atoms with Crippen LogP contribution in [-0.2, 0) is 4.79 Å². The molecular weight excluding hydrogens is 244 g/mol. The second-order valence-corrected chi connectivity index (χ2v) is 4.16. The molecule has 0 aliphatic heterocycles. The summed E-state index contributed by atoms with van der Waals surface area (Å²) >= 11 is 0. The molecule has 6 heteroatoms. The molecule has 1 aromatic heterocycles. The number of carbonyl (C=O) groups is 2. The van der Waals surface area contributed by atoms with Gasteiger partial charge in [0, 0.05) is 5.69 Å². The van der Waals surface area contributed by atoms with Crippen molar-refractivity contribution in [1.82, 2.24) is 15.5 Å². The number of H-pyrrole nitrogens is 1. The minimum atomic E-state index is -0.870. The van der Waals surface area contributed by atoms with Gasteiger partial charge in [0.25, 0.3) is 5.91 Å². The average molecular weight is 258 g/mol. The van der Waals surface area contributed by atoms with Gasteiger partial charge in [0.15, 0.2) is 0 Å². The van der Waals surface area contributed by atoms with Gasteiger partial charge in [0.05, 0.1) is 0 Å². The fourth-order valence-electron chi connectivity index (χ4n) is 1.70. The molecule has 0 spiro atoms. The summed E-state index contributed by atoms with van der Waals surface area (Å²) in [5, 5.41) is 9.06. The van der Waals surface area contributed by atoms with Crippen LogP contribution in [0, 0.1) is 6.92 Å². The highest BCUT2D eigenvalue weighted by atomic mass is 16.2. The largest absolute Gasteiger partial charge is 0.368 e. The predicted octanol–water partition coefficient (Wildman–Crippen LogP) is 0.675. The number of carbonyl (C=O) groups excluding carboxylic acids is 2. The highest BCUT2D eigenvalue weighted by Gasteiger charge is 2.21. The number of amides is 2. The highest BCUT2D eigenvalue weighted by Crippen LogP contribution is 2.12. The van der Waals surface area contributed by atoms with Gasteiger partial charge in [-0.3, -0.25) is 14.7 Å². The van der Waals surface area contributed by atoms with E-state index in [0.717, 1.165) is 5.69 Å². The van der Waals surface area contributed by atoms with E-state index in [2.05, 4.69) is 15.5 Å². The van der Waals surface area contributed by atoms with Crippen LogP contribution in [0.2, 0.25) is 0 Å². The van der Waals surface area contributed by atoms with Crippen LogP contribution < -0.4 is 11.1 Å². The molecule has 2 rings (SSSR count). The van der Waals surface area contributed by atoms with Gasteiger partial charge in [0.1, 0.15) is 11.7 Å². The molecule has 1 heterocycles. The van der Waals surface area contributed by atoms with Crippen molar-refractivity contribution in [2.75, 3.05) is 0 Å². The molecule has 0 aliphatic carbocycles. The lowest BCUT2D eigenvalue weighted by Crippen LogP contribution is -2.37. The molecule has 1 aromatic carbocycles. The number of aryl methyl sites for hydroxylation is 1. The first kappa shape index (κ1) is 12.8. The number of nitrogens with zero attached hydrogens (tertiary/aromatic N) is 1. The number of aromatic amines is 1. The molecule has 0 fully saturated rings. The van der Waals surface area contributed by atoms with Crippen LogP contribution in [0.3, 0.4) is 0 Å². The molecular formula is C13H14N4O2. The predicted molar refractivity (Wildman–Crippen MR) is 69.2 cm³/mol. The van der Waals surface area contributed by atoms with Crippen LogP contribution in [0.15, 0.2) is 36.4 Å². The van der Waals surface area contributed by atoms with Crippen molar-refractivity contribution in [3.8, 4) is 0 Å². The van der Waals surface area contributed by atoms with Crippen LogP contribution in [-0.4, -0.2) is 22.0 Å². The standard InChI is InChI=1S/C13H14N4O2/c1-8-7-10(17-16-8)13(19)15-11(12(14)18)9-5-3-2-4-6-9/h2-7,11H,1H3,(H2,14,18)(H,15,19)(H,16,17)/t11-/m0/s1. The first-order valence-corrected chi connectivity index (χ1v) is 5.75. The maximum Gasteiger partial charge on any atom is 0.272 e. The quantitative estimate of drug-likeness (QED) is 0.751. The Hall–Kier alpha value is -2.63. The van der Waals surface area contributed by atoms with E-state index in [9.17, 15) is 9.59 Å². The van der Waals surface area contributed by atoms with Gasteiger partial charge in [-0.1, -0.05) is 30.3 Å². The van der Waals surface area contributed by atoms with Crippen molar-refractivity contribution in [2.24, 2.45) is 5.73 Å². The number of benzene rings is 1. The lowest BCUT2D eigenvalue weighted by molar-refractivity contribution is -0.120. The average Bonchev–Trinajstić information content (AvgIpc) is 2.83. The third-order valence-electron chi connectivity index (χ3n) is 2.63. The highest BCUT2D eigenvalue weighted by molar-refractivity contribution is 5.96. The minimum Gasteiger partial charge on any atom is -0.368 e. The van der Waals surface area contributed by atoms with E-state index in [1.165, 1.54) is 0 Å². The van der Waals surface area contributed by atoms with Crippen molar-refractivity contribution < 1.29 is 9.59 Å². The van der Waals surface area contributed by atoms with Gasteiger partial charge >= 0.3 is 0 Å². The summed E-state index contributed by atoms with van der Waals surface area (Å²) in [6.45, 7) is 1.78. The Morgan fingerprint density at radius 1 is 1.32 bits per heavy atom. The third kappa shape index (κ3) is 2.98. The van der Waals surface area contributed by atoms with E-state index in [1.54, 1.807) is 37.3 Å². The van der Waals surface area contributed by atoms with Gasteiger partial charge in [-0.05, 0) is 18.6 Å². The van der Waals surface area contributed by atoms with E-state index in [4.69, 9.17) is 5.73 Å². The molecule has 2 aromatic rings. The fraction of sp³-hybridized carbons (Fsp3) is 0.154. The SMILES string of the molecule is Cc1cc(C(=O)N[C@H](C(N)=O)c2ccccc2)n[nH]1. The first-order valence-electron chi connectivity index (χ1n) is 5.75. The molecule has 98 valence electrons. The van der Waals surface area contributed by atoms with E-state index < -0.39 is 17.9 Å². The van der Waals surface area contributed by atoms with E-state index in [-0.39, 0.29) is 5.69 Å². The Balaban J connectivity index is 2.18. The smallest absolute Gasteiger partial charge is 0.272 e. The summed E-state index contributed by atoms with van der Waals surface area (Å²) in [5.74, 6) is -1.07. The molecule has 4 N–H and O–H groups in total. The molecule has 0 saturated carbocycles. The molecule has 6 nitrogen and oxygen atoms in total. The lowest BCUT2D eigenvalue weighted by atomic mass is 10.1. The molecule has 0 aliphatic rings. The number of hydrogen-bond acceptors (Lipinski definition) is 3. The van der Waals surface area contributed by atoms with Crippen molar-refractivity contribution in [1.29, 1.82) is 0 Å². The Bertz CT molecular complexity index is 592. The fourth-order valence-corrected chi connectivity index (χ4v) is 1.70. The number of nitrogens with one attached hydrogen (secondary N) is 2. The zero-order valence-electron chi connectivity index (χ0n) is 10.4. The molecule has 0 radical (unpaired) electrons. The van der Waals surface area contributed by atoms with Gasteiger partial charge in [-0.25, -0.2) is 0 Å². The maximum atomic E-state index is 11.9. The summed E-state index contributed by atoms with van der Waals surface area (Å²) < 4.78 is 0. The second-order valence-electron chi connectivity index (χ2n) is 4.16. The summed E-state index contributed by atoms with van der Waals surface area (Å²) in [6.07, 6.45) is 0. The number of nitrogens with two attached hydrogens (primary N) is 1. The summed E-state index contributed by atoms with van der Waals surface area (Å²) in [6, 6.07) is 9.55. The summed E-state index contributed by atoms with van der Waals surface area (Å²) in [7, 11) is 0. The van der Waals surface area contributed by atoms with Gasteiger partial charge in [-0.15, -0.1) is 0 Å². The van der Waals surface area contributed by atoms with Crippen LogP contribution in [0.25, 0.3) is 0 Å². The lowest BCUT2D eigenvalue weighted by Gasteiger charge is -2.14. The van der Waals surface area contributed by atoms with Crippen molar-refractivity contribution in [3.05, 3.63) is 53.3 Å².